The Morgan fingerprint density at radius 2 is 2.11 bits per heavy atom. The molecule has 0 aliphatic heterocycles. The van der Waals surface area contributed by atoms with E-state index in [1.165, 1.54) is 12.1 Å². The van der Waals surface area contributed by atoms with Gasteiger partial charge < -0.3 is 5.32 Å². The van der Waals surface area contributed by atoms with E-state index in [2.05, 4.69) is 12.2 Å². The SMILES string of the molecule is CCNC1CCC(C)(c2c(F)ccc(C)c2F)C1. The Labute approximate surface area is 108 Å². The largest absolute Gasteiger partial charge is 0.314 e. The van der Waals surface area contributed by atoms with Crippen LogP contribution >= 0.6 is 0 Å². The minimum Gasteiger partial charge on any atom is -0.314 e. The van der Waals surface area contributed by atoms with E-state index < -0.39 is 5.82 Å². The van der Waals surface area contributed by atoms with Crippen LogP contribution in [0.3, 0.4) is 0 Å². The van der Waals surface area contributed by atoms with E-state index >= 15 is 0 Å². The molecule has 1 nitrogen and oxygen atoms in total. The van der Waals surface area contributed by atoms with Crippen LogP contribution in [0.4, 0.5) is 8.78 Å². The Kier molecular flexibility index (Phi) is 3.71. The van der Waals surface area contributed by atoms with Crippen LogP contribution in [0, 0.1) is 18.6 Å². The summed E-state index contributed by atoms with van der Waals surface area (Å²) in [5.41, 5.74) is 0.426. The highest BCUT2D eigenvalue weighted by molar-refractivity contribution is 5.34. The third-order valence-corrected chi connectivity index (χ3v) is 4.12. The predicted molar refractivity (Wildman–Crippen MR) is 69.8 cm³/mol. The molecule has 1 N–H and O–H groups in total. The van der Waals surface area contributed by atoms with Gasteiger partial charge >= 0.3 is 0 Å². The van der Waals surface area contributed by atoms with Crippen LogP contribution in [0.5, 0.6) is 0 Å². The van der Waals surface area contributed by atoms with Crippen molar-refractivity contribution in [3.05, 3.63) is 34.9 Å². The predicted octanol–water partition coefficient (Wildman–Crippen LogP) is 3.69. The Balaban J connectivity index is 2.34. The number of hydrogen-bond donors (Lipinski definition) is 1. The zero-order chi connectivity index (χ0) is 13.3. The van der Waals surface area contributed by atoms with Crippen molar-refractivity contribution in [1.82, 2.24) is 5.32 Å². The van der Waals surface area contributed by atoms with Crippen molar-refractivity contribution >= 4 is 0 Å². The van der Waals surface area contributed by atoms with Gasteiger partial charge in [-0.15, -0.1) is 0 Å². The lowest BCUT2D eigenvalue weighted by Gasteiger charge is -2.26. The molecular weight excluding hydrogens is 232 g/mol. The summed E-state index contributed by atoms with van der Waals surface area (Å²) >= 11 is 0. The average Bonchev–Trinajstić information content (AvgIpc) is 2.67. The fourth-order valence-corrected chi connectivity index (χ4v) is 3.14. The second kappa shape index (κ2) is 4.96. The molecule has 0 bridgehead atoms. The maximum Gasteiger partial charge on any atom is 0.132 e. The lowest BCUT2D eigenvalue weighted by Crippen LogP contribution is -2.29. The second-order valence-electron chi connectivity index (χ2n) is 5.61. The molecule has 2 unspecified atom stereocenters. The molecule has 1 fully saturated rings. The van der Waals surface area contributed by atoms with Gasteiger partial charge in [-0.2, -0.15) is 0 Å². The molecule has 0 heterocycles. The smallest absolute Gasteiger partial charge is 0.132 e. The summed E-state index contributed by atoms with van der Waals surface area (Å²) in [7, 11) is 0. The zero-order valence-electron chi connectivity index (χ0n) is 11.3. The molecule has 0 spiro atoms. The molecule has 0 saturated heterocycles. The molecule has 18 heavy (non-hydrogen) atoms. The number of nitrogens with one attached hydrogen (secondary N) is 1. The average molecular weight is 253 g/mol. The van der Waals surface area contributed by atoms with Crippen LogP contribution in [0.25, 0.3) is 0 Å². The van der Waals surface area contributed by atoms with E-state index in [9.17, 15) is 8.78 Å². The summed E-state index contributed by atoms with van der Waals surface area (Å²) in [5, 5.41) is 3.38. The monoisotopic (exact) mass is 253 g/mol. The number of rotatable bonds is 3. The summed E-state index contributed by atoms with van der Waals surface area (Å²) in [4.78, 5) is 0. The van der Waals surface area contributed by atoms with Gasteiger partial charge in [-0.3, -0.25) is 0 Å². The summed E-state index contributed by atoms with van der Waals surface area (Å²) in [6.07, 6.45) is 2.62. The van der Waals surface area contributed by atoms with Crippen LogP contribution in [0.2, 0.25) is 0 Å². The minimum absolute atomic E-state index is 0.280. The van der Waals surface area contributed by atoms with Crippen molar-refractivity contribution in [3.63, 3.8) is 0 Å². The lowest BCUT2D eigenvalue weighted by atomic mass is 9.79. The number of halogens is 2. The van der Waals surface area contributed by atoms with Gasteiger partial charge in [0.15, 0.2) is 0 Å². The van der Waals surface area contributed by atoms with Crippen molar-refractivity contribution in [1.29, 1.82) is 0 Å². The normalized spacial score (nSPS) is 27.7. The van der Waals surface area contributed by atoms with Gasteiger partial charge in [-0.25, -0.2) is 8.78 Å². The van der Waals surface area contributed by atoms with E-state index in [0.717, 1.165) is 25.8 Å². The van der Waals surface area contributed by atoms with E-state index in [1.807, 2.05) is 6.92 Å². The van der Waals surface area contributed by atoms with Crippen molar-refractivity contribution in [2.75, 3.05) is 6.54 Å². The van der Waals surface area contributed by atoms with Crippen LogP contribution < -0.4 is 5.32 Å². The molecule has 1 aromatic carbocycles. The summed E-state index contributed by atoms with van der Waals surface area (Å²) in [6.45, 7) is 6.63. The van der Waals surface area contributed by atoms with Crippen LogP contribution in [-0.2, 0) is 5.41 Å². The first-order valence-electron chi connectivity index (χ1n) is 6.66. The molecule has 1 aromatic rings. The highest BCUT2D eigenvalue weighted by Gasteiger charge is 2.40. The van der Waals surface area contributed by atoms with E-state index in [1.54, 1.807) is 6.92 Å². The molecule has 2 rings (SSSR count). The van der Waals surface area contributed by atoms with Gasteiger partial charge in [-0.05, 0) is 49.8 Å². The maximum absolute atomic E-state index is 14.2. The molecule has 0 radical (unpaired) electrons. The van der Waals surface area contributed by atoms with Gasteiger partial charge in [0.2, 0.25) is 0 Å². The van der Waals surface area contributed by atoms with E-state index in [4.69, 9.17) is 0 Å². The van der Waals surface area contributed by atoms with Gasteiger partial charge in [0.1, 0.15) is 11.6 Å². The van der Waals surface area contributed by atoms with E-state index in [-0.39, 0.29) is 16.8 Å². The third-order valence-electron chi connectivity index (χ3n) is 4.12. The highest BCUT2D eigenvalue weighted by Crippen LogP contribution is 2.43. The van der Waals surface area contributed by atoms with Crippen molar-refractivity contribution in [3.8, 4) is 0 Å². The van der Waals surface area contributed by atoms with Crippen LogP contribution in [-0.4, -0.2) is 12.6 Å². The molecule has 0 amide bonds. The van der Waals surface area contributed by atoms with Crippen LogP contribution in [0.1, 0.15) is 44.2 Å². The Bertz CT molecular complexity index is 444. The van der Waals surface area contributed by atoms with E-state index in [0.29, 0.717) is 11.6 Å². The fraction of sp³-hybridized carbons (Fsp3) is 0.600. The Morgan fingerprint density at radius 3 is 2.78 bits per heavy atom. The highest BCUT2D eigenvalue weighted by atomic mass is 19.1. The number of benzene rings is 1. The van der Waals surface area contributed by atoms with Crippen molar-refractivity contribution < 1.29 is 8.78 Å². The molecule has 1 aliphatic rings. The maximum atomic E-state index is 14.2. The molecule has 3 heteroatoms. The lowest BCUT2D eigenvalue weighted by molar-refractivity contribution is 0.408. The molecule has 100 valence electrons. The Hall–Kier alpha value is -0.960. The fourth-order valence-electron chi connectivity index (χ4n) is 3.14. The van der Waals surface area contributed by atoms with Crippen molar-refractivity contribution in [2.45, 2.75) is 51.5 Å². The van der Waals surface area contributed by atoms with Gasteiger partial charge in [0.25, 0.3) is 0 Å². The molecule has 0 aromatic heterocycles. The summed E-state index contributed by atoms with van der Waals surface area (Å²) < 4.78 is 28.2. The number of aryl methyl sites for hydroxylation is 1. The molecule has 2 atom stereocenters. The topological polar surface area (TPSA) is 12.0 Å². The summed E-state index contributed by atoms with van der Waals surface area (Å²) in [6, 6.07) is 3.27. The molecule has 1 aliphatic carbocycles. The van der Waals surface area contributed by atoms with Gasteiger partial charge in [0.05, 0.1) is 0 Å². The molecular formula is C15H21F2N. The first-order chi connectivity index (χ1) is 8.48. The quantitative estimate of drug-likeness (QED) is 0.866. The minimum atomic E-state index is -0.405. The summed E-state index contributed by atoms with van der Waals surface area (Å²) in [5.74, 6) is -0.771. The van der Waals surface area contributed by atoms with Gasteiger partial charge in [0, 0.05) is 11.6 Å². The first kappa shape index (κ1) is 13.5. The zero-order valence-corrected chi connectivity index (χ0v) is 11.3. The first-order valence-corrected chi connectivity index (χ1v) is 6.66. The number of hydrogen-bond acceptors (Lipinski definition) is 1. The third kappa shape index (κ3) is 2.28. The molecule has 1 saturated carbocycles. The standard InChI is InChI=1S/C15H21F2N/c1-4-18-11-7-8-15(3,9-11)13-12(16)6-5-10(2)14(13)17/h5-6,11,18H,4,7-9H2,1-3H3. The van der Waals surface area contributed by atoms with Gasteiger partial charge in [-0.1, -0.05) is 19.9 Å². The Morgan fingerprint density at radius 1 is 1.39 bits per heavy atom. The van der Waals surface area contributed by atoms with Crippen LogP contribution in [0.15, 0.2) is 12.1 Å². The van der Waals surface area contributed by atoms with Crippen molar-refractivity contribution in [2.24, 2.45) is 0 Å². The second-order valence-corrected chi connectivity index (χ2v) is 5.61.